The summed E-state index contributed by atoms with van der Waals surface area (Å²) in [5, 5.41) is 6.73. The predicted octanol–water partition coefficient (Wildman–Crippen LogP) is 4.92. The van der Waals surface area contributed by atoms with Crippen LogP contribution in [0.5, 0.6) is 0 Å². The van der Waals surface area contributed by atoms with E-state index >= 15 is 0 Å². The van der Waals surface area contributed by atoms with Crippen molar-refractivity contribution in [2.75, 3.05) is 32.6 Å². The highest BCUT2D eigenvalue weighted by Crippen LogP contribution is 2.67. The highest BCUT2D eigenvalue weighted by molar-refractivity contribution is 7.13. The summed E-state index contributed by atoms with van der Waals surface area (Å²) < 4.78 is 5.15. The van der Waals surface area contributed by atoms with Gasteiger partial charge in [0.25, 0.3) is 0 Å². The fraction of sp³-hybridized carbons (Fsp3) is 0.760. The van der Waals surface area contributed by atoms with E-state index in [2.05, 4.69) is 30.6 Å². The molecule has 0 saturated heterocycles. The zero-order chi connectivity index (χ0) is 21.8. The van der Waals surface area contributed by atoms with Gasteiger partial charge in [-0.1, -0.05) is 19.9 Å². The molecule has 0 bridgehead atoms. The van der Waals surface area contributed by atoms with E-state index in [-0.39, 0.29) is 11.3 Å². The van der Waals surface area contributed by atoms with Crippen LogP contribution in [-0.2, 0) is 9.53 Å². The van der Waals surface area contributed by atoms with Crippen molar-refractivity contribution >= 4 is 22.4 Å². The molecular weight excluding hydrogens is 406 g/mol. The lowest BCUT2D eigenvalue weighted by atomic mass is 9.47. The fourth-order valence-corrected chi connectivity index (χ4v) is 8.80. The summed E-state index contributed by atoms with van der Waals surface area (Å²) in [6.07, 6.45) is 11.7. The molecule has 0 aromatic carbocycles. The number of hydrogen-bond acceptors (Lipinski definition) is 5. The molecule has 4 aliphatic rings. The van der Waals surface area contributed by atoms with E-state index in [4.69, 9.17) is 9.72 Å². The molecule has 6 heteroatoms. The molecule has 3 saturated carbocycles. The summed E-state index contributed by atoms with van der Waals surface area (Å²) >= 11 is 1.74. The van der Waals surface area contributed by atoms with Crippen molar-refractivity contribution in [3.8, 4) is 0 Å². The summed E-state index contributed by atoms with van der Waals surface area (Å²) in [6.45, 7) is 6.50. The lowest BCUT2D eigenvalue weighted by Crippen LogP contribution is -2.59. The number of thiazole rings is 1. The Bertz CT molecular complexity index is 869. The Balaban J connectivity index is 1.36. The van der Waals surface area contributed by atoms with Crippen molar-refractivity contribution in [3.05, 3.63) is 23.2 Å². The number of hydrogen-bond donors (Lipinski definition) is 1. The number of rotatable bonds is 5. The first-order valence-electron chi connectivity index (χ1n) is 12.0. The van der Waals surface area contributed by atoms with Gasteiger partial charge in [0.05, 0.1) is 12.3 Å². The van der Waals surface area contributed by atoms with Crippen molar-refractivity contribution in [1.82, 2.24) is 9.88 Å². The Labute approximate surface area is 190 Å². The van der Waals surface area contributed by atoms with Crippen LogP contribution in [0, 0.1) is 28.6 Å². The Kier molecular flexibility index (Phi) is 5.45. The average molecular weight is 444 g/mol. The van der Waals surface area contributed by atoms with Gasteiger partial charge in [-0.3, -0.25) is 4.79 Å². The van der Waals surface area contributed by atoms with Crippen LogP contribution in [0.15, 0.2) is 17.5 Å². The minimum Gasteiger partial charge on any atom is -0.383 e. The summed E-state index contributed by atoms with van der Waals surface area (Å²) in [4.78, 5) is 19.3. The predicted molar refractivity (Wildman–Crippen MR) is 125 cm³/mol. The van der Waals surface area contributed by atoms with E-state index in [0.29, 0.717) is 29.9 Å². The first-order chi connectivity index (χ1) is 14.9. The first-order valence-corrected chi connectivity index (χ1v) is 12.9. The SMILES string of the molecule is COCCNc1nc([C@H]2CC[C@H]3[C@@H]4CC[C@H]5N(C)C(=O)C=C[C@]5(C)[C@H]4CC[C@]23C)cs1. The van der Waals surface area contributed by atoms with E-state index in [1.54, 1.807) is 18.4 Å². The molecule has 1 amide bonds. The summed E-state index contributed by atoms with van der Waals surface area (Å²) in [7, 11) is 3.74. The number of fused-ring (bicyclic) bond motifs is 5. The Morgan fingerprint density at radius 2 is 2.06 bits per heavy atom. The molecule has 0 radical (unpaired) electrons. The maximum absolute atomic E-state index is 12.3. The van der Waals surface area contributed by atoms with Crippen LogP contribution in [-0.4, -0.2) is 49.1 Å². The number of carbonyl (C=O) groups is 1. The number of methoxy groups -OCH3 is 1. The van der Waals surface area contributed by atoms with Crippen molar-refractivity contribution in [2.24, 2.45) is 28.6 Å². The molecule has 170 valence electrons. The van der Waals surface area contributed by atoms with E-state index in [1.807, 2.05) is 18.0 Å². The van der Waals surface area contributed by atoms with Crippen molar-refractivity contribution in [1.29, 1.82) is 0 Å². The van der Waals surface area contributed by atoms with Gasteiger partial charge in [-0.2, -0.15) is 0 Å². The number of ether oxygens (including phenoxy) is 1. The van der Waals surface area contributed by atoms with Gasteiger partial charge in [-0.15, -0.1) is 11.3 Å². The number of anilines is 1. The van der Waals surface area contributed by atoms with Gasteiger partial charge in [0.1, 0.15) is 0 Å². The molecule has 5 rings (SSSR count). The molecule has 5 nitrogen and oxygen atoms in total. The molecule has 31 heavy (non-hydrogen) atoms. The van der Waals surface area contributed by atoms with Crippen LogP contribution in [0.1, 0.15) is 64.0 Å². The average Bonchev–Trinajstić information content (AvgIpc) is 3.35. The van der Waals surface area contributed by atoms with E-state index < -0.39 is 0 Å². The van der Waals surface area contributed by atoms with Crippen molar-refractivity contribution in [2.45, 2.75) is 64.3 Å². The first kappa shape index (κ1) is 21.4. The third-order valence-electron chi connectivity index (χ3n) is 9.59. The second-order valence-corrected chi connectivity index (χ2v) is 11.6. The Morgan fingerprint density at radius 3 is 2.87 bits per heavy atom. The molecule has 3 aliphatic carbocycles. The van der Waals surface area contributed by atoms with Gasteiger partial charge in [0.15, 0.2) is 5.13 Å². The van der Waals surface area contributed by atoms with Gasteiger partial charge in [-0.25, -0.2) is 4.98 Å². The van der Waals surface area contributed by atoms with Crippen LogP contribution in [0.25, 0.3) is 0 Å². The minimum absolute atomic E-state index is 0.129. The number of nitrogens with zero attached hydrogens (tertiary/aromatic N) is 2. The normalized spacial score (nSPS) is 41.6. The van der Waals surface area contributed by atoms with Crippen LogP contribution in [0.2, 0.25) is 0 Å². The third-order valence-corrected chi connectivity index (χ3v) is 10.4. The molecule has 7 atom stereocenters. The van der Waals surface area contributed by atoms with Gasteiger partial charge in [0.2, 0.25) is 5.91 Å². The van der Waals surface area contributed by atoms with Crippen LogP contribution >= 0.6 is 11.3 Å². The molecule has 1 N–H and O–H groups in total. The molecule has 3 fully saturated rings. The third kappa shape index (κ3) is 3.28. The maximum Gasteiger partial charge on any atom is 0.246 e. The summed E-state index contributed by atoms with van der Waals surface area (Å²) in [5.41, 5.74) is 1.78. The topological polar surface area (TPSA) is 54.5 Å². The van der Waals surface area contributed by atoms with Crippen molar-refractivity contribution in [3.63, 3.8) is 0 Å². The van der Waals surface area contributed by atoms with Gasteiger partial charge >= 0.3 is 0 Å². The second kappa shape index (κ2) is 7.87. The standard InChI is InChI=1S/C25H37N3O2S/c1-24-11-9-18-16(5-8-21-25(18,2)12-10-22(29)28(21)3)17(24)6-7-19(24)20-15-31-23(27-20)26-13-14-30-4/h10,12,15-19,21H,5-9,11,13-14H2,1-4H3,(H,26,27)/t16-,17-,18-,19+,21+,24-,25+/m0/s1. The lowest BCUT2D eigenvalue weighted by molar-refractivity contribution is -0.138. The van der Waals surface area contributed by atoms with Crippen LogP contribution in [0.3, 0.4) is 0 Å². The Morgan fingerprint density at radius 1 is 1.23 bits per heavy atom. The van der Waals surface area contributed by atoms with E-state index in [0.717, 1.165) is 29.9 Å². The number of aromatic nitrogens is 1. The number of amides is 1. The minimum atomic E-state index is 0.129. The molecule has 1 aromatic rings. The number of nitrogens with one attached hydrogen (secondary N) is 1. The Hall–Kier alpha value is -1.40. The quantitative estimate of drug-likeness (QED) is 0.656. The highest BCUT2D eigenvalue weighted by atomic mass is 32.1. The molecule has 2 heterocycles. The smallest absolute Gasteiger partial charge is 0.246 e. The molecular formula is C25H37N3O2S. The summed E-state index contributed by atoms with van der Waals surface area (Å²) in [6, 6.07) is 0.368. The number of likely N-dealkylation sites (N-methyl/N-ethyl adjacent to an activating group) is 1. The van der Waals surface area contributed by atoms with E-state index in [9.17, 15) is 4.79 Å². The maximum atomic E-state index is 12.3. The van der Waals surface area contributed by atoms with E-state index in [1.165, 1.54) is 37.8 Å². The monoisotopic (exact) mass is 443 g/mol. The largest absolute Gasteiger partial charge is 0.383 e. The van der Waals surface area contributed by atoms with Crippen LogP contribution < -0.4 is 5.32 Å². The summed E-state index contributed by atoms with van der Waals surface area (Å²) in [5.74, 6) is 2.99. The number of carbonyl (C=O) groups excluding carboxylic acids is 1. The fourth-order valence-electron chi connectivity index (χ4n) is 8.01. The van der Waals surface area contributed by atoms with Crippen LogP contribution in [0.4, 0.5) is 5.13 Å². The zero-order valence-electron chi connectivity index (χ0n) is 19.4. The second-order valence-electron chi connectivity index (χ2n) is 10.8. The lowest BCUT2D eigenvalue weighted by Gasteiger charge is -2.60. The molecule has 1 aromatic heterocycles. The molecule has 0 unspecified atom stereocenters. The van der Waals surface area contributed by atoms with Gasteiger partial charge < -0.3 is 15.0 Å². The molecule has 0 spiro atoms. The van der Waals surface area contributed by atoms with Gasteiger partial charge in [0, 0.05) is 43.5 Å². The zero-order valence-corrected chi connectivity index (χ0v) is 20.2. The van der Waals surface area contributed by atoms with Gasteiger partial charge in [-0.05, 0) is 67.8 Å². The molecule has 1 aliphatic heterocycles. The highest BCUT2D eigenvalue weighted by Gasteiger charge is 2.60. The van der Waals surface area contributed by atoms with Crippen molar-refractivity contribution < 1.29 is 9.53 Å².